The summed E-state index contributed by atoms with van der Waals surface area (Å²) in [5, 5.41) is 18.9. The minimum atomic E-state index is -1.27. The Balaban J connectivity index is 2.18. The van der Waals surface area contributed by atoms with Crippen LogP contribution in [0.1, 0.15) is 24.7 Å². The van der Waals surface area contributed by atoms with Crippen LogP contribution < -0.4 is 5.11 Å². The number of aliphatic carboxylic acids is 1. The van der Waals surface area contributed by atoms with Gasteiger partial charge in [0, 0.05) is 16.3 Å². The third-order valence-electron chi connectivity index (χ3n) is 2.57. The number of aromatic amines is 1. The normalized spacial score (nSPS) is 11.6. The number of aryl methyl sites for hydroxylation is 1. The lowest BCUT2D eigenvalue weighted by Crippen LogP contribution is -2.23. The Morgan fingerprint density at radius 1 is 1.43 bits per heavy atom. The number of H-pyrrole nitrogens is 1. The first-order valence-corrected chi connectivity index (χ1v) is 7.55. The molecule has 5 nitrogen and oxygen atoms in total. The topological polar surface area (TPSA) is 81.7 Å². The van der Waals surface area contributed by atoms with E-state index in [0.29, 0.717) is 10.2 Å². The van der Waals surface area contributed by atoms with Gasteiger partial charge in [0.05, 0.1) is 5.97 Å². The van der Waals surface area contributed by atoms with Crippen LogP contribution >= 0.6 is 23.4 Å². The second-order valence-electron chi connectivity index (χ2n) is 4.26. The number of halogens is 1. The molecule has 1 N–H and O–H groups in total. The molecule has 21 heavy (non-hydrogen) atoms. The van der Waals surface area contributed by atoms with Gasteiger partial charge in [0.2, 0.25) is 5.16 Å². The molecule has 0 radical (unpaired) electrons. The van der Waals surface area contributed by atoms with Crippen molar-refractivity contribution in [3.05, 3.63) is 45.6 Å². The molecule has 0 saturated heterocycles. The third kappa shape index (κ3) is 4.61. The predicted molar refractivity (Wildman–Crippen MR) is 80.7 cm³/mol. The van der Waals surface area contributed by atoms with Crippen LogP contribution in [0, 0.1) is 0 Å². The maximum Gasteiger partial charge on any atom is 0.213 e. The summed E-state index contributed by atoms with van der Waals surface area (Å²) in [6, 6.07) is 6.84. The van der Waals surface area contributed by atoms with Gasteiger partial charge in [-0.3, -0.25) is 5.10 Å². The molecule has 1 aromatic carbocycles. The van der Waals surface area contributed by atoms with Gasteiger partial charge in [-0.25, -0.2) is 4.98 Å². The van der Waals surface area contributed by atoms with Gasteiger partial charge in [-0.15, -0.1) is 5.10 Å². The van der Waals surface area contributed by atoms with E-state index in [4.69, 9.17) is 11.6 Å². The Bertz CT molecular complexity index is 652. The standard InChI is InChI=1S/C14H14ClN3O2S/c1-2-3-12-16-14(18-17-12)21-11(13(19)20)8-9-4-6-10(15)7-5-9/h4-8H,2-3H2,1H3,(H,19,20)(H,16,17,18)/p-1/b11-8-. The van der Waals surface area contributed by atoms with Gasteiger partial charge in [-0.1, -0.05) is 30.7 Å². The number of thioether (sulfide) groups is 1. The van der Waals surface area contributed by atoms with Crippen molar-refractivity contribution in [2.24, 2.45) is 0 Å². The van der Waals surface area contributed by atoms with Crippen molar-refractivity contribution >= 4 is 35.4 Å². The summed E-state index contributed by atoms with van der Waals surface area (Å²) in [4.78, 5) is 15.5. The number of carboxylic acid groups (broad SMARTS) is 1. The number of hydrogen-bond donors (Lipinski definition) is 1. The summed E-state index contributed by atoms with van der Waals surface area (Å²) < 4.78 is 0. The van der Waals surface area contributed by atoms with Crippen molar-refractivity contribution in [3.63, 3.8) is 0 Å². The Hall–Kier alpha value is -1.79. The zero-order valence-electron chi connectivity index (χ0n) is 11.3. The van der Waals surface area contributed by atoms with Gasteiger partial charge < -0.3 is 9.90 Å². The third-order valence-corrected chi connectivity index (χ3v) is 3.69. The van der Waals surface area contributed by atoms with E-state index in [-0.39, 0.29) is 4.91 Å². The highest BCUT2D eigenvalue weighted by Gasteiger charge is 2.08. The SMILES string of the molecule is CCCc1nc(S/C(=C\c2ccc(Cl)cc2)C(=O)[O-])n[nH]1. The molecule has 2 rings (SSSR count). The highest BCUT2D eigenvalue weighted by atomic mass is 35.5. The predicted octanol–water partition coefficient (Wildman–Crippen LogP) is 2.29. The van der Waals surface area contributed by atoms with Crippen LogP contribution in [0.4, 0.5) is 0 Å². The molecule has 1 heterocycles. The quantitative estimate of drug-likeness (QED) is 0.652. The van der Waals surface area contributed by atoms with Crippen LogP contribution in [-0.4, -0.2) is 21.2 Å². The van der Waals surface area contributed by atoms with Gasteiger partial charge in [-0.05, 0) is 42.0 Å². The molecule has 0 aliphatic rings. The molecule has 110 valence electrons. The summed E-state index contributed by atoms with van der Waals surface area (Å²) >= 11 is 6.75. The fourth-order valence-electron chi connectivity index (χ4n) is 1.61. The summed E-state index contributed by atoms with van der Waals surface area (Å²) in [6.07, 6.45) is 3.22. The minimum absolute atomic E-state index is 0.0411. The number of benzene rings is 1. The van der Waals surface area contributed by atoms with E-state index in [1.807, 2.05) is 6.92 Å². The van der Waals surface area contributed by atoms with Crippen molar-refractivity contribution in [2.45, 2.75) is 24.9 Å². The maximum atomic E-state index is 11.2. The monoisotopic (exact) mass is 322 g/mol. The van der Waals surface area contributed by atoms with Crippen LogP contribution in [0.15, 0.2) is 34.3 Å². The average molecular weight is 323 g/mol. The molecule has 1 aromatic heterocycles. The Labute approximate surface area is 131 Å². The van der Waals surface area contributed by atoms with Crippen LogP contribution in [0.2, 0.25) is 5.02 Å². The molecular weight excluding hydrogens is 310 g/mol. The molecular formula is C14H13ClN3O2S-. The summed E-state index contributed by atoms with van der Waals surface area (Å²) in [6.45, 7) is 2.03. The van der Waals surface area contributed by atoms with Gasteiger partial charge in [0.1, 0.15) is 5.82 Å². The lowest BCUT2D eigenvalue weighted by atomic mass is 10.2. The second-order valence-corrected chi connectivity index (χ2v) is 5.71. The van der Waals surface area contributed by atoms with E-state index in [2.05, 4.69) is 15.2 Å². The first kappa shape index (κ1) is 15.6. The number of aromatic nitrogens is 3. The fraction of sp³-hybridized carbons (Fsp3) is 0.214. The number of hydrogen-bond acceptors (Lipinski definition) is 5. The number of nitrogens with zero attached hydrogens (tertiary/aromatic N) is 2. The molecule has 0 aliphatic carbocycles. The number of carboxylic acids is 1. The van der Waals surface area contributed by atoms with Crippen LogP contribution in [0.3, 0.4) is 0 Å². The van der Waals surface area contributed by atoms with Crippen molar-refractivity contribution in [3.8, 4) is 0 Å². The Kier molecular flexibility index (Phi) is 5.41. The van der Waals surface area contributed by atoms with Gasteiger partial charge in [0.25, 0.3) is 0 Å². The molecule has 0 bridgehead atoms. The fourth-order valence-corrected chi connectivity index (χ4v) is 2.46. The molecule has 0 unspecified atom stereocenters. The second kappa shape index (κ2) is 7.28. The largest absolute Gasteiger partial charge is 0.544 e. The van der Waals surface area contributed by atoms with E-state index < -0.39 is 5.97 Å². The van der Waals surface area contributed by atoms with Crippen molar-refractivity contribution in [2.75, 3.05) is 0 Å². The number of nitrogens with one attached hydrogen (secondary N) is 1. The molecule has 7 heteroatoms. The molecule has 0 saturated carbocycles. The smallest absolute Gasteiger partial charge is 0.213 e. The summed E-state index contributed by atoms with van der Waals surface area (Å²) in [5.41, 5.74) is 0.718. The van der Waals surface area contributed by atoms with Crippen LogP contribution in [-0.2, 0) is 11.2 Å². The van der Waals surface area contributed by atoms with Gasteiger partial charge in [-0.2, -0.15) is 0 Å². The van der Waals surface area contributed by atoms with E-state index in [1.165, 1.54) is 6.08 Å². The summed E-state index contributed by atoms with van der Waals surface area (Å²) in [7, 11) is 0. The highest BCUT2D eigenvalue weighted by Crippen LogP contribution is 2.25. The zero-order chi connectivity index (χ0) is 15.2. The average Bonchev–Trinajstić information content (AvgIpc) is 2.88. The van der Waals surface area contributed by atoms with Gasteiger partial charge >= 0.3 is 0 Å². The highest BCUT2D eigenvalue weighted by molar-refractivity contribution is 8.04. The lowest BCUT2D eigenvalue weighted by molar-refractivity contribution is -0.297. The van der Waals surface area contributed by atoms with Crippen LogP contribution in [0.5, 0.6) is 0 Å². The zero-order valence-corrected chi connectivity index (χ0v) is 12.9. The van der Waals surface area contributed by atoms with Crippen molar-refractivity contribution in [1.82, 2.24) is 15.2 Å². The van der Waals surface area contributed by atoms with E-state index in [9.17, 15) is 9.90 Å². The maximum absolute atomic E-state index is 11.2. The van der Waals surface area contributed by atoms with Crippen LogP contribution in [0.25, 0.3) is 6.08 Å². The van der Waals surface area contributed by atoms with E-state index in [1.54, 1.807) is 24.3 Å². The Morgan fingerprint density at radius 3 is 2.76 bits per heavy atom. The summed E-state index contributed by atoms with van der Waals surface area (Å²) in [5.74, 6) is -0.527. The van der Waals surface area contributed by atoms with Gasteiger partial charge in [0.15, 0.2) is 0 Å². The lowest BCUT2D eigenvalue weighted by Gasteiger charge is -2.05. The van der Waals surface area contributed by atoms with E-state index >= 15 is 0 Å². The molecule has 2 aromatic rings. The molecule has 0 amide bonds. The first-order valence-electron chi connectivity index (χ1n) is 6.36. The molecule has 0 atom stereocenters. The van der Waals surface area contributed by atoms with E-state index in [0.717, 1.165) is 36.0 Å². The minimum Gasteiger partial charge on any atom is -0.544 e. The number of carbonyl (C=O) groups is 1. The van der Waals surface area contributed by atoms with Crippen molar-refractivity contribution < 1.29 is 9.90 Å². The van der Waals surface area contributed by atoms with Crippen molar-refractivity contribution in [1.29, 1.82) is 0 Å². The molecule has 0 fully saturated rings. The number of rotatable bonds is 6. The first-order chi connectivity index (χ1) is 10.1. The Morgan fingerprint density at radius 2 is 2.14 bits per heavy atom. The molecule has 0 spiro atoms. The number of carbonyl (C=O) groups excluding carboxylic acids is 1. The molecule has 0 aliphatic heterocycles.